The van der Waals surface area contributed by atoms with Crippen LogP contribution in [0.15, 0.2) is 43.4 Å². The highest BCUT2D eigenvalue weighted by Gasteiger charge is 2.16. The average Bonchev–Trinajstić information content (AvgIpc) is 3.31. The molecule has 0 atom stereocenters. The number of methoxy groups -OCH3 is 2. The Labute approximate surface area is 136 Å². The average molecular weight is 323 g/mol. The number of rotatable bonds is 4. The van der Waals surface area contributed by atoms with Crippen molar-refractivity contribution < 1.29 is 9.47 Å². The molecule has 9 heteroatoms. The van der Waals surface area contributed by atoms with Crippen LogP contribution in [0.4, 0.5) is 0 Å². The molecule has 4 aromatic rings. The van der Waals surface area contributed by atoms with E-state index >= 15 is 0 Å². The highest BCUT2D eigenvalue weighted by Crippen LogP contribution is 2.29. The van der Waals surface area contributed by atoms with Gasteiger partial charge in [0, 0.05) is 31.0 Å². The summed E-state index contributed by atoms with van der Waals surface area (Å²) in [5.41, 5.74) is 2.84. The maximum absolute atomic E-state index is 5.35. The van der Waals surface area contributed by atoms with E-state index in [9.17, 15) is 0 Å². The molecule has 0 saturated heterocycles. The second-order valence-corrected chi connectivity index (χ2v) is 4.86. The zero-order chi connectivity index (χ0) is 16.5. The van der Waals surface area contributed by atoms with Gasteiger partial charge in [-0.25, -0.2) is 19.5 Å². The smallest absolute Gasteiger partial charge is 0.319 e. The molecule has 0 aliphatic heterocycles. The van der Waals surface area contributed by atoms with E-state index in [-0.39, 0.29) is 6.01 Å². The number of aromatic nitrogens is 7. The lowest BCUT2D eigenvalue weighted by atomic mass is 10.2. The van der Waals surface area contributed by atoms with E-state index < -0.39 is 0 Å². The van der Waals surface area contributed by atoms with Crippen LogP contribution in [-0.4, -0.2) is 48.3 Å². The predicted molar refractivity (Wildman–Crippen MR) is 84.2 cm³/mol. The third-order valence-corrected chi connectivity index (χ3v) is 3.51. The van der Waals surface area contributed by atoms with Crippen molar-refractivity contribution in [3.63, 3.8) is 0 Å². The third-order valence-electron chi connectivity index (χ3n) is 3.51. The van der Waals surface area contributed by atoms with E-state index in [2.05, 4.69) is 25.0 Å². The molecule has 0 saturated carbocycles. The van der Waals surface area contributed by atoms with Crippen LogP contribution < -0.4 is 9.47 Å². The van der Waals surface area contributed by atoms with Gasteiger partial charge in [0.15, 0.2) is 5.65 Å². The first-order valence-electron chi connectivity index (χ1n) is 7.08. The second-order valence-electron chi connectivity index (χ2n) is 4.86. The Kier molecular flexibility index (Phi) is 3.30. The summed E-state index contributed by atoms with van der Waals surface area (Å²) in [5, 5.41) is 4.56. The Hall–Kier alpha value is -3.49. The third kappa shape index (κ3) is 2.22. The number of hydrogen-bond acceptors (Lipinski definition) is 7. The molecule has 0 aliphatic carbocycles. The Morgan fingerprint density at radius 2 is 1.96 bits per heavy atom. The van der Waals surface area contributed by atoms with Crippen LogP contribution in [0.1, 0.15) is 0 Å². The minimum absolute atomic E-state index is 0.231. The zero-order valence-corrected chi connectivity index (χ0v) is 13.0. The fourth-order valence-corrected chi connectivity index (χ4v) is 2.40. The summed E-state index contributed by atoms with van der Waals surface area (Å²) in [6.45, 7) is 0. The summed E-state index contributed by atoms with van der Waals surface area (Å²) in [7, 11) is 3.04. The van der Waals surface area contributed by atoms with Gasteiger partial charge >= 0.3 is 6.01 Å². The van der Waals surface area contributed by atoms with Crippen molar-refractivity contribution in [3.05, 3.63) is 43.4 Å². The quantitative estimate of drug-likeness (QED) is 0.560. The zero-order valence-electron chi connectivity index (χ0n) is 13.0. The first-order valence-corrected chi connectivity index (χ1v) is 7.08. The minimum Gasteiger partial charge on any atom is -0.480 e. The molecule has 0 spiro atoms. The number of ether oxygens (including phenoxy) is 2. The number of nitrogens with zero attached hydrogens (tertiary/aromatic N) is 7. The van der Waals surface area contributed by atoms with Gasteiger partial charge < -0.3 is 14.0 Å². The summed E-state index contributed by atoms with van der Waals surface area (Å²) in [4.78, 5) is 16.8. The molecule has 0 bridgehead atoms. The van der Waals surface area contributed by atoms with Gasteiger partial charge in [-0.2, -0.15) is 10.1 Å². The van der Waals surface area contributed by atoms with Crippen LogP contribution in [0.2, 0.25) is 0 Å². The standard InChI is InChI=1S/C15H13N7O2/c1-23-14-10(8-18-15(19-14)24-2)11-7-12(21-5-3-16-9-21)13-17-4-6-22(13)20-11/h3-9H,1-2H3. The molecule has 0 fully saturated rings. The Morgan fingerprint density at radius 1 is 1.04 bits per heavy atom. The molecular weight excluding hydrogens is 310 g/mol. The molecule has 9 nitrogen and oxygen atoms in total. The van der Waals surface area contributed by atoms with Gasteiger partial charge in [0.25, 0.3) is 0 Å². The van der Waals surface area contributed by atoms with Crippen molar-refractivity contribution >= 4 is 5.65 Å². The Bertz CT molecular complexity index is 994. The SMILES string of the molecule is COc1ncc(-c2cc(-n3ccnc3)c3nccn3n2)c(OC)n1. The van der Waals surface area contributed by atoms with Gasteiger partial charge in [0.1, 0.15) is 5.69 Å². The lowest BCUT2D eigenvalue weighted by Crippen LogP contribution is -2.03. The summed E-state index contributed by atoms with van der Waals surface area (Å²) < 4.78 is 13.9. The summed E-state index contributed by atoms with van der Waals surface area (Å²) >= 11 is 0. The van der Waals surface area contributed by atoms with Gasteiger partial charge in [-0.1, -0.05) is 0 Å². The van der Waals surface area contributed by atoms with E-state index in [1.165, 1.54) is 14.2 Å². The van der Waals surface area contributed by atoms with Crippen molar-refractivity contribution in [1.29, 1.82) is 0 Å². The van der Waals surface area contributed by atoms with Gasteiger partial charge in [0.2, 0.25) is 5.88 Å². The molecule has 0 aliphatic rings. The predicted octanol–water partition coefficient (Wildman–Crippen LogP) is 1.39. The van der Waals surface area contributed by atoms with Crippen LogP contribution >= 0.6 is 0 Å². The lowest BCUT2D eigenvalue weighted by molar-refractivity contribution is 0.353. The topological polar surface area (TPSA) is 92.2 Å². The molecule has 0 amide bonds. The molecule has 24 heavy (non-hydrogen) atoms. The highest BCUT2D eigenvalue weighted by molar-refractivity contribution is 5.70. The normalized spacial score (nSPS) is 10.9. The van der Waals surface area contributed by atoms with Crippen molar-refractivity contribution in [2.24, 2.45) is 0 Å². The second kappa shape index (κ2) is 5.61. The molecule has 0 aromatic carbocycles. The van der Waals surface area contributed by atoms with E-state index in [4.69, 9.17) is 9.47 Å². The van der Waals surface area contributed by atoms with Crippen LogP contribution in [0.3, 0.4) is 0 Å². The lowest BCUT2D eigenvalue weighted by Gasteiger charge is -2.10. The van der Waals surface area contributed by atoms with Crippen LogP contribution in [-0.2, 0) is 0 Å². The van der Waals surface area contributed by atoms with Gasteiger partial charge in [0.05, 0.1) is 31.8 Å². The number of imidazole rings is 2. The molecule has 0 radical (unpaired) electrons. The number of hydrogen-bond donors (Lipinski definition) is 0. The Morgan fingerprint density at radius 3 is 2.71 bits per heavy atom. The molecule has 120 valence electrons. The molecule has 4 aromatic heterocycles. The van der Waals surface area contributed by atoms with Crippen LogP contribution in [0.25, 0.3) is 22.6 Å². The summed E-state index contributed by atoms with van der Waals surface area (Å²) in [6, 6.07) is 2.12. The summed E-state index contributed by atoms with van der Waals surface area (Å²) in [6.07, 6.45) is 10.3. The largest absolute Gasteiger partial charge is 0.480 e. The van der Waals surface area contributed by atoms with Crippen LogP contribution in [0.5, 0.6) is 11.9 Å². The van der Waals surface area contributed by atoms with Crippen LogP contribution in [0, 0.1) is 0 Å². The molecule has 4 rings (SSSR count). The molecular formula is C15H13N7O2. The first kappa shape index (κ1) is 14.1. The van der Waals surface area contributed by atoms with Crippen molar-refractivity contribution in [1.82, 2.24) is 34.1 Å². The fourth-order valence-electron chi connectivity index (χ4n) is 2.40. The fraction of sp³-hybridized carbons (Fsp3) is 0.133. The monoisotopic (exact) mass is 323 g/mol. The van der Waals surface area contributed by atoms with Crippen molar-refractivity contribution in [2.45, 2.75) is 0 Å². The van der Waals surface area contributed by atoms with E-state index in [1.807, 2.05) is 16.8 Å². The van der Waals surface area contributed by atoms with Crippen molar-refractivity contribution in [2.75, 3.05) is 14.2 Å². The first-order chi connectivity index (χ1) is 11.8. The highest BCUT2D eigenvalue weighted by atomic mass is 16.5. The minimum atomic E-state index is 0.231. The molecule has 4 heterocycles. The summed E-state index contributed by atoms with van der Waals surface area (Å²) in [5.74, 6) is 0.380. The van der Waals surface area contributed by atoms with Gasteiger partial charge in [-0.05, 0) is 6.07 Å². The van der Waals surface area contributed by atoms with E-state index in [1.54, 1.807) is 35.6 Å². The maximum Gasteiger partial charge on any atom is 0.319 e. The molecule has 0 unspecified atom stereocenters. The van der Waals surface area contributed by atoms with Gasteiger partial charge in [-0.15, -0.1) is 0 Å². The van der Waals surface area contributed by atoms with Gasteiger partial charge in [-0.3, -0.25) is 0 Å². The maximum atomic E-state index is 5.35. The van der Waals surface area contributed by atoms with E-state index in [0.29, 0.717) is 22.8 Å². The Balaban J connectivity index is 1.95. The molecule has 0 N–H and O–H groups in total. The van der Waals surface area contributed by atoms with Crippen molar-refractivity contribution in [3.8, 4) is 28.8 Å². The van der Waals surface area contributed by atoms with E-state index in [0.717, 1.165) is 5.69 Å². The number of fused-ring (bicyclic) bond motifs is 1.